The van der Waals surface area contributed by atoms with E-state index in [2.05, 4.69) is 20.9 Å². The summed E-state index contributed by atoms with van der Waals surface area (Å²) >= 11 is 6.03. The highest BCUT2D eigenvalue weighted by Gasteiger charge is 2.04. The third-order valence-electron chi connectivity index (χ3n) is 3.97. The molecule has 0 fully saturated rings. The van der Waals surface area contributed by atoms with Crippen LogP contribution in [0, 0.1) is 5.82 Å². The van der Waals surface area contributed by atoms with E-state index in [1.165, 1.54) is 12.1 Å². The fraction of sp³-hybridized carbons (Fsp3) is 0.250. The van der Waals surface area contributed by atoms with Gasteiger partial charge in [-0.25, -0.2) is 9.37 Å². The molecule has 0 spiro atoms. The fourth-order valence-electron chi connectivity index (χ4n) is 2.58. The van der Waals surface area contributed by atoms with E-state index < -0.39 is 0 Å². The van der Waals surface area contributed by atoms with E-state index in [4.69, 9.17) is 16.3 Å². The Hall–Kier alpha value is -2.37. The van der Waals surface area contributed by atoms with Crippen molar-refractivity contribution in [2.24, 2.45) is 0 Å². The molecule has 0 saturated carbocycles. The van der Waals surface area contributed by atoms with Crippen molar-refractivity contribution < 1.29 is 9.13 Å². The van der Waals surface area contributed by atoms with E-state index in [9.17, 15) is 4.39 Å². The van der Waals surface area contributed by atoms with Crippen LogP contribution in [0.15, 0.2) is 61.2 Å². The van der Waals surface area contributed by atoms with Crippen LogP contribution in [0.2, 0.25) is 5.02 Å². The van der Waals surface area contributed by atoms with Gasteiger partial charge in [0.1, 0.15) is 18.2 Å². The van der Waals surface area contributed by atoms with Crippen LogP contribution in [0.5, 0.6) is 5.75 Å². The van der Waals surface area contributed by atoms with E-state index in [1.54, 1.807) is 12.3 Å². The molecular formula is C20H21ClFN3O. The molecule has 3 rings (SSSR count). The summed E-state index contributed by atoms with van der Waals surface area (Å²) in [5.41, 5.74) is 1.91. The largest absolute Gasteiger partial charge is 0.489 e. The van der Waals surface area contributed by atoms with E-state index in [0.29, 0.717) is 11.6 Å². The minimum Gasteiger partial charge on any atom is -0.489 e. The summed E-state index contributed by atoms with van der Waals surface area (Å²) in [6.07, 6.45) is 6.62. The van der Waals surface area contributed by atoms with Crippen LogP contribution in [-0.2, 0) is 19.7 Å². The van der Waals surface area contributed by atoms with Crippen molar-refractivity contribution in [3.8, 4) is 5.75 Å². The molecule has 1 N–H and O–H groups in total. The molecule has 26 heavy (non-hydrogen) atoms. The Labute approximate surface area is 157 Å². The number of nitrogens with one attached hydrogen (secondary N) is 1. The maximum Gasteiger partial charge on any atom is 0.124 e. The Bertz CT molecular complexity index is 824. The second-order valence-corrected chi connectivity index (χ2v) is 6.41. The Kier molecular flexibility index (Phi) is 6.63. The Morgan fingerprint density at radius 1 is 1.19 bits per heavy atom. The normalized spacial score (nSPS) is 10.8. The van der Waals surface area contributed by atoms with Gasteiger partial charge in [-0.3, -0.25) is 0 Å². The van der Waals surface area contributed by atoms with Gasteiger partial charge in [0.15, 0.2) is 0 Å². The van der Waals surface area contributed by atoms with Gasteiger partial charge in [0, 0.05) is 31.0 Å². The van der Waals surface area contributed by atoms with Crippen LogP contribution in [0.4, 0.5) is 4.39 Å². The highest BCUT2D eigenvalue weighted by Crippen LogP contribution is 2.20. The molecule has 4 nitrogen and oxygen atoms in total. The summed E-state index contributed by atoms with van der Waals surface area (Å²) in [5.74, 6) is 0.419. The van der Waals surface area contributed by atoms with Crippen molar-refractivity contribution in [3.05, 3.63) is 83.2 Å². The van der Waals surface area contributed by atoms with E-state index in [0.717, 1.165) is 42.9 Å². The molecule has 2 aromatic carbocycles. The molecule has 1 heterocycles. The van der Waals surface area contributed by atoms with Crippen LogP contribution in [-0.4, -0.2) is 16.1 Å². The van der Waals surface area contributed by atoms with Gasteiger partial charge in [0.25, 0.3) is 0 Å². The molecule has 1 aromatic heterocycles. The van der Waals surface area contributed by atoms with Crippen molar-refractivity contribution in [3.63, 3.8) is 0 Å². The zero-order valence-corrected chi connectivity index (χ0v) is 15.1. The number of halogens is 2. The van der Waals surface area contributed by atoms with Gasteiger partial charge in [0.05, 0.1) is 11.3 Å². The lowest BCUT2D eigenvalue weighted by atomic mass is 10.2. The van der Waals surface area contributed by atoms with E-state index in [-0.39, 0.29) is 5.82 Å². The molecule has 0 aliphatic heterocycles. The predicted octanol–water partition coefficient (Wildman–Crippen LogP) is 4.43. The highest BCUT2D eigenvalue weighted by atomic mass is 35.5. The van der Waals surface area contributed by atoms with Crippen LogP contribution in [0.25, 0.3) is 0 Å². The summed E-state index contributed by atoms with van der Waals surface area (Å²) in [6, 6.07) is 12.2. The Morgan fingerprint density at radius 2 is 2.12 bits per heavy atom. The molecule has 0 radical (unpaired) electrons. The molecule has 0 atom stereocenters. The number of aromatic nitrogens is 2. The lowest BCUT2D eigenvalue weighted by Crippen LogP contribution is -2.16. The van der Waals surface area contributed by atoms with E-state index >= 15 is 0 Å². The lowest BCUT2D eigenvalue weighted by molar-refractivity contribution is 0.306. The van der Waals surface area contributed by atoms with Gasteiger partial charge in [-0.05, 0) is 42.8 Å². The first-order valence-electron chi connectivity index (χ1n) is 8.53. The molecular weight excluding hydrogens is 353 g/mol. The minimum atomic E-state index is -0.347. The zero-order valence-electron chi connectivity index (χ0n) is 14.4. The topological polar surface area (TPSA) is 39.1 Å². The number of nitrogens with zero attached hydrogens (tertiary/aromatic N) is 2. The molecule has 0 saturated heterocycles. The van der Waals surface area contributed by atoms with Crippen molar-refractivity contribution in [1.82, 2.24) is 14.9 Å². The molecule has 0 bridgehead atoms. The quantitative estimate of drug-likeness (QED) is 0.564. The first-order valence-corrected chi connectivity index (χ1v) is 8.90. The van der Waals surface area contributed by atoms with Gasteiger partial charge in [-0.15, -0.1) is 0 Å². The van der Waals surface area contributed by atoms with Crippen molar-refractivity contribution in [2.45, 2.75) is 26.1 Å². The predicted molar refractivity (Wildman–Crippen MR) is 101 cm³/mol. The van der Waals surface area contributed by atoms with Crippen LogP contribution in [0.1, 0.15) is 17.5 Å². The number of aryl methyl sites for hydroxylation is 1. The van der Waals surface area contributed by atoms with Crippen molar-refractivity contribution in [2.75, 3.05) is 6.54 Å². The van der Waals surface area contributed by atoms with Crippen LogP contribution < -0.4 is 10.1 Å². The molecule has 6 heteroatoms. The summed E-state index contributed by atoms with van der Waals surface area (Å²) in [6.45, 7) is 2.96. The van der Waals surface area contributed by atoms with Gasteiger partial charge < -0.3 is 14.6 Å². The average Bonchev–Trinajstić information content (AvgIpc) is 3.14. The molecule has 0 aliphatic carbocycles. The minimum absolute atomic E-state index is 0.306. The molecule has 0 unspecified atom stereocenters. The first-order chi connectivity index (χ1) is 12.7. The fourth-order valence-corrected chi connectivity index (χ4v) is 2.81. The zero-order chi connectivity index (χ0) is 18.2. The lowest BCUT2D eigenvalue weighted by Gasteiger charge is -2.10. The summed E-state index contributed by atoms with van der Waals surface area (Å²) in [5, 5.41) is 3.80. The maximum absolute atomic E-state index is 13.1. The summed E-state index contributed by atoms with van der Waals surface area (Å²) in [4.78, 5) is 4.03. The molecule has 0 aliphatic rings. The first kappa shape index (κ1) is 18.4. The third kappa shape index (κ3) is 5.58. The number of ether oxygens (including phenoxy) is 1. The highest BCUT2D eigenvalue weighted by molar-refractivity contribution is 6.31. The van der Waals surface area contributed by atoms with Gasteiger partial charge >= 0.3 is 0 Å². The average molecular weight is 374 g/mol. The van der Waals surface area contributed by atoms with Crippen LogP contribution >= 0.6 is 11.6 Å². The number of hydrogen-bond acceptors (Lipinski definition) is 3. The Morgan fingerprint density at radius 3 is 2.92 bits per heavy atom. The molecule has 136 valence electrons. The second kappa shape index (κ2) is 9.36. The van der Waals surface area contributed by atoms with Gasteiger partial charge in [-0.2, -0.15) is 0 Å². The standard InChI is InChI=1S/C20H21ClFN3O/c21-20-12-18(22)6-5-17(20)14-26-19-4-1-3-16(11-19)13-23-7-2-9-25-10-8-24-15-25/h1,3-6,8,10-12,15,23H,2,7,9,13-14H2. The smallest absolute Gasteiger partial charge is 0.124 e. The number of benzene rings is 2. The molecule has 0 amide bonds. The number of rotatable bonds is 9. The monoisotopic (exact) mass is 373 g/mol. The third-order valence-corrected chi connectivity index (χ3v) is 4.32. The van der Waals surface area contributed by atoms with Crippen molar-refractivity contribution >= 4 is 11.6 Å². The number of imidazole rings is 1. The second-order valence-electron chi connectivity index (χ2n) is 6.00. The summed E-state index contributed by atoms with van der Waals surface area (Å²) in [7, 11) is 0. The Balaban J connectivity index is 1.43. The van der Waals surface area contributed by atoms with Gasteiger partial charge in [-0.1, -0.05) is 29.8 Å². The SMILES string of the molecule is Fc1ccc(COc2cccc(CNCCCn3ccnc3)c2)c(Cl)c1. The van der Waals surface area contributed by atoms with E-state index in [1.807, 2.05) is 30.7 Å². The molecule has 3 aromatic rings. The maximum atomic E-state index is 13.1. The van der Waals surface area contributed by atoms with Crippen molar-refractivity contribution in [1.29, 1.82) is 0 Å². The summed E-state index contributed by atoms with van der Waals surface area (Å²) < 4.78 is 20.9. The van der Waals surface area contributed by atoms with Crippen LogP contribution in [0.3, 0.4) is 0 Å². The number of hydrogen-bond donors (Lipinski definition) is 1. The van der Waals surface area contributed by atoms with Gasteiger partial charge in [0.2, 0.25) is 0 Å².